The largest absolute Gasteiger partial charge is 0.364 e. The van der Waals surface area contributed by atoms with Crippen molar-refractivity contribution in [2.45, 2.75) is 56.3 Å². The maximum atomic E-state index is 13.4. The molecule has 0 spiro atoms. The Labute approximate surface area is 182 Å². The lowest BCUT2D eigenvalue weighted by atomic mass is 9.84. The Hall–Kier alpha value is -3.51. The molecule has 170 valence electrons. The summed E-state index contributed by atoms with van der Waals surface area (Å²) >= 11 is 0. The second-order valence-electron chi connectivity index (χ2n) is 8.86. The van der Waals surface area contributed by atoms with E-state index in [-0.39, 0.29) is 48.0 Å². The Morgan fingerprint density at radius 2 is 1.75 bits per heavy atom. The van der Waals surface area contributed by atoms with Crippen LogP contribution in [0.1, 0.15) is 59.1 Å². The van der Waals surface area contributed by atoms with Gasteiger partial charge in [0.2, 0.25) is 17.7 Å². The van der Waals surface area contributed by atoms with E-state index in [9.17, 15) is 24.0 Å². The van der Waals surface area contributed by atoms with Crippen molar-refractivity contribution in [3.63, 3.8) is 0 Å². The van der Waals surface area contributed by atoms with E-state index in [0.29, 0.717) is 13.0 Å². The molecule has 0 aromatic carbocycles. The van der Waals surface area contributed by atoms with Gasteiger partial charge in [-0.2, -0.15) is 0 Å². The molecule has 1 saturated carbocycles. The lowest BCUT2D eigenvalue weighted by Crippen LogP contribution is -2.64. The maximum absolute atomic E-state index is 13.4. The van der Waals surface area contributed by atoms with Crippen LogP contribution >= 0.6 is 0 Å². The topological polar surface area (TPSA) is 187 Å². The Kier molecular flexibility index (Phi) is 4.64. The highest BCUT2D eigenvalue weighted by Gasteiger charge is 2.56. The van der Waals surface area contributed by atoms with Gasteiger partial charge in [-0.1, -0.05) is 11.6 Å². The van der Waals surface area contributed by atoms with E-state index in [1.807, 2.05) is 0 Å². The van der Waals surface area contributed by atoms with Gasteiger partial charge in [-0.05, 0) is 19.3 Å². The fourth-order valence-electron chi connectivity index (χ4n) is 5.24. The van der Waals surface area contributed by atoms with Gasteiger partial charge in [0.25, 0.3) is 11.8 Å². The van der Waals surface area contributed by atoms with Gasteiger partial charge in [-0.25, -0.2) is 4.68 Å². The van der Waals surface area contributed by atoms with Crippen molar-refractivity contribution in [2.75, 3.05) is 13.1 Å². The second-order valence-corrected chi connectivity index (χ2v) is 8.86. The van der Waals surface area contributed by atoms with Crippen LogP contribution in [0.25, 0.3) is 0 Å². The van der Waals surface area contributed by atoms with E-state index >= 15 is 0 Å². The van der Waals surface area contributed by atoms with Crippen molar-refractivity contribution in [1.82, 2.24) is 30.1 Å². The number of hydrogen-bond donors (Lipinski definition) is 3. The number of carbonyl (C=O) groups is 5. The Morgan fingerprint density at radius 3 is 2.38 bits per heavy atom. The third-order valence-corrected chi connectivity index (χ3v) is 7.09. The molecule has 13 nitrogen and oxygen atoms in total. The zero-order chi connectivity index (χ0) is 22.7. The second kappa shape index (κ2) is 7.28. The summed E-state index contributed by atoms with van der Waals surface area (Å²) in [6.45, 7) is 0.492. The van der Waals surface area contributed by atoms with E-state index in [0.717, 1.165) is 19.3 Å². The van der Waals surface area contributed by atoms with Crippen LogP contribution in [0.5, 0.6) is 0 Å². The summed E-state index contributed by atoms with van der Waals surface area (Å²) in [6, 6.07) is -2.45. The first kappa shape index (κ1) is 20.4. The molecule has 4 heterocycles. The molecule has 0 bridgehead atoms. The molecule has 4 atom stereocenters. The predicted octanol–water partition coefficient (Wildman–Crippen LogP) is -2.48. The van der Waals surface area contributed by atoms with Gasteiger partial charge in [0.15, 0.2) is 11.4 Å². The fourth-order valence-corrected chi connectivity index (χ4v) is 5.24. The van der Waals surface area contributed by atoms with Gasteiger partial charge in [0.05, 0.1) is 12.1 Å². The molecular weight excluding hydrogens is 420 g/mol. The van der Waals surface area contributed by atoms with E-state index in [4.69, 9.17) is 11.5 Å². The number of aromatic nitrogens is 3. The highest BCUT2D eigenvalue weighted by Crippen LogP contribution is 2.37. The van der Waals surface area contributed by atoms with Crippen LogP contribution in [-0.2, 0) is 14.4 Å². The number of rotatable bonds is 5. The normalized spacial score (nSPS) is 29.5. The zero-order valence-electron chi connectivity index (χ0n) is 17.3. The lowest BCUT2D eigenvalue weighted by molar-refractivity contribution is -0.157. The smallest absolute Gasteiger partial charge is 0.271 e. The van der Waals surface area contributed by atoms with Crippen LogP contribution in [-0.4, -0.2) is 85.5 Å². The summed E-state index contributed by atoms with van der Waals surface area (Å²) < 4.78 is 1.18. The number of hydrogen-bond acceptors (Lipinski definition) is 7. The number of nitrogens with zero attached hydrogens (tertiary/aromatic N) is 5. The fraction of sp³-hybridized carbons (Fsp3) is 0.632. The van der Waals surface area contributed by atoms with Crippen LogP contribution in [0.4, 0.5) is 0 Å². The summed E-state index contributed by atoms with van der Waals surface area (Å²) in [5, 5.41) is 10.5. The van der Waals surface area contributed by atoms with Crippen molar-refractivity contribution in [3.05, 3.63) is 11.4 Å². The standard InChI is InChI=1S/C19H24N8O5/c20-15(28)12-14(16(21)29)27(24-23-12)9-6-11-18(31)25-5-4-10(13(25)19(32)26(11)7-9)22-17(30)8-2-1-3-8/h8-11,13H,1-7H2,(H2,20,28)(H2,21,29)(H,22,30)/t9-,10-,11-,13-/m0/s1. The summed E-state index contributed by atoms with van der Waals surface area (Å²) in [7, 11) is 0. The van der Waals surface area contributed by atoms with E-state index in [2.05, 4.69) is 15.6 Å². The van der Waals surface area contributed by atoms with Gasteiger partial charge in [0.1, 0.15) is 12.1 Å². The van der Waals surface area contributed by atoms with Crippen molar-refractivity contribution < 1.29 is 24.0 Å². The first-order valence-corrected chi connectivity index (χ1v) is 10.7. The first-order valence-electron chi connectivity index (χ1n) is 10.7. The molecular formula is C19H24N8O5. The minimum Gasteiger partial charge on any atom is -0.364 e. The van der Waals surface area contributed by atoms with E-state index in [1.54, 1.807) is 4.90 Å². The molecule has 32 heavy (non-hydrogen) atoms. The van der Waals surface area contributed by atoms with Crippen LogP contribution in [0, 0.1) is 5.92 Å². The Bertz CT molecular complexity index is 1030. The minimum atomic E-state index is -0.946. The van der Waals surface area contributed by atoms with Crippen molar-refractivity contribution >= 4 is 29.5 Å². The summed E-state index contributed by atoms with van der Waals surface area (Å²) in [4.78, 5) is 65.5. The number of primary amides is 2. The van der Waals surface area contributed by atoms with E-state index < -0.39 is 36.0 Å². The molecule has 1 aliphatic carbocycles. The average Bonchev–Trinajstić information content (AvgIpc) is 3.40. The van der Waals surface area contributed by atoms with Crippen molar-refractivity contribution in [2.24, 2.45) is 17.4 Å². The number of carbonyl (C=O) groups excluding carboxylic acids is 5. The molecule has 5 amide bonds. The van der Waals surface area contributed by atoms with Crippen LogP contribution < -0.4 is 16.8 Å². The quantitative estimate of drug-likeness (QED) is 0.448. The maximum Gasteiger partial charge on any atom is 0.271 e. The van der Waals surface area contributed by atoms with Gasteiger partial charge >= 0.3 is 0 Å². The number of piperazine rings is 1. The van der Waals surface area contributed by atoms with Crippen molar-refractivity contribution in [1.29, 1.82) is 0 Å². The minimum absolute atomic E-state index is 0.0126. The van der Waals surface area contributed by atoms with Crippen LogP contribution in [0.2, 0.25) is 0 Å². The molecule has 4 aliphatic rings. The molecule has 0 radical (unpaired) electrons. The SMILES string of the molecule is NC(=O)c1nnn([C@H]2C[C@H]3C(=O)N4CC[C@H](NC(=O)C5CCC5)[C@H]4C(=O)N3C2)c1C(N)=O. The summed E-state index contributed by atoms with van der Waals surface area (Å²) in [6.07, 6.45) is 3.46. The third-order valence-electron chi connectivity index (χ3n) is 7.09. The molecule has 5 N–H and O–H groups in total. The first-order chi connectivity index (χ1) is 15.3. The summed E-state index contributed by atoms with van der Waals surface area (Å²) in [5.74, 6) is -2.39. The van der Waals surface area contributed by atoms with Gasteiger partial charge in [-0.15, -0.1) is 5.10 Å². The molecule has 0 unspecified atom stereocenters. The molecule has 1 aromatic rings. The zero-order valence-corrected chi connectivity index (χ0v) is 17.3. The molecule has 3 saturated heterocycles. The predicted molar refractivity (Wildman–Crippen MR) is 106 cm³/mol. The average molecular weight is 444 g/mol. The number of nitrogens with one attached hydrogen (secondary N) is 1. The molecule has 13 heteroatoms. The monoisotopic (exact) mass is 444 g/mol. The van der Waals surface area contributed by atoms with Gasteiger partial charge in [-0.3, -0.25) is 24.0 Å². The van der Waals surface area contributed by atoms with Gasteiger partial charge < -0.3 is 26.6 Å². The molecule has 4 fully saturated rings. The van der Waals surface area contributed by atoms with Crippen molar-refractivity contribution in [3.8, 4) is 0 Å². The summed E-state index contributed by atoms with van der Waals surface area (Å²) in [5.41, 5.74) is 10.1. The molecule has 3 aliphatic heterocycles. The third kappa shape index (κ3) is 2.94. The lowest BCUT2D eigenvalue weighted by Gasteiger charge is -2.40. The highest BCUT2D eigenvalue weighted by atomic mass is 16.2. The van der Waals surface area contributed by atoms with E-state index in [1.165, 1.54) is 9.58 Å². The number of nitrogens with two attached hydrogens (primary N) is 2. The van der Waals surface area contributed by atoms with Crippen LogP contribution in [0.3, 0.4) is 0 Å². The Morgan fingerprint density at radius 1 is 1.00 bits per heavy atom. The number of fused-ring (bicyclic) bond motifs is 2. The molecule has 5 rings (SSSR count). The van der Waals surface area contributed by atoms with Crippen LogP contribution in [0.15, 0.2) is 0 Å². The highest BCUT2D eigenvalue weighted by molar-refractivity contribution is 6.03. The number of amides is 5. The Balaban J connectivity index is 1.38. The van der Waals surface area contributed by atoms with Gasteiger partial charge in [0, 0.05) is 25.4 Å². The molecule has 1 aromatic heterocycles.